The topological polar surface area (TPSA) is 36.9 Å². The average molecular weight is 302 g/mol. The maximum Gasteiger partial charge on any atom is 0.130 e. The van der Waals surface area contributed by atoms with Crippen molar-refractivity contribution in [3.8, 4) is 17.2 Å². The Balaban J connectivity index is 2.28. The third-order valence-corrected chi connectivity index (χ3v) is 4.26. The molecule has 0 spiro atoms. The van der Waals surface area contributed by atoms with Gasteiger partial charge in [0.05, 0.1) is 32.8 Å². The van der Waals surface area contributed by atoms with Crippen LogP contribution in [0.2, 0.25) is 0 Å². The van der Waals surface area contributed by atoms with E-state index in [0.717, 1.165) is 53.0 Å². The van der Waals surface area contributed by atoms with Crippen molar-refractivity contribution in [3.63, 3.8) is 0 Å². The lowest BCUT2D eigenvalue weighted by Gasteiger charge is -2.25. The van der Waals surface area contributed by atoms with E-state index < -0.39 is 0 Å². The minimum Gasteiger partial charge on any atom is -0.496 e. The Hall–Kier alpha value is -1.94. The van der Waals surface area contributed by atoms with Crippen LogP contribution in [0.5, 0.6) is 17.2 Å². The molecule has 0 N–H and O–H groups in total. The van der Waals surface area contributed by atoms with Gasteiger partial charge in [-0.1, -0.05) is 6.07 Å². The van der Waals surface area contributed by atoms with Crippen LogP contribution < -0.4 is 14.2 Å². The second-order valence-electron chi connectivity index (χ2n) is 5.43. The van der Waals surface area contributed by atoms with E-state index in [4.69, 9.17) is 18.9 Å². The Morgan fingerprint density at radius 1 is 0.818 bits per heavy atom. The summed E-state index contributed by atoms with van der Waals surface area (Å²) in [7, 11) is 5.03. The second-order valence-corrected chi connectivity index (χ2v) is 5.43. The monoisotopic (exact) mass is 302 g/mol. The van der Waals surface area contributed by atoms with E-state index in [2.05, 4.69) is 6.07 Å². The zero-order chi connectivity index (χ0) is 15.5. The van der Waals surface area contributed by atoms with Crippen LogP contribution in [0.25, 0.3) is 10.8 Å². The number of methoxy groups -OCH3 is 3. The zero-order valence-electron chi connectivity index (χ0n) is 13.3. The lowest BCUT2D eigenvalue weighted by Crippen LogP contribution is -2.12. The SMILES string of the molecule is COc1ccc(OC)c2c(C3CCCCO3)ccc(OC)c12. The number of fused-ring (bicyclic) bond motifs is 1. The molecule has 4 nitrogen and oxygen atoms in total. The van der Waals surface area contributed by atoms with E-state index in [1.165, 1.54) is 6.42 Å². The van der Waals surface area contributed by atoms with Crippen LogP contribution in [0.3, 0.4) is 0 Å². The highest BCUT2D eigenvalue weighted by atomic mass is 16.5. The van der Waals surface area contributed by atoms with E-state index in [0.29, 0.717) is 0 Å². The second kappa shape index (κ2) is 6.44. The van der Waals surface area contributed by atoms with E-state index in [9.17, 15) is 0 Å². The summed E-state index contributed by atoms with van der Waals surface area (Å²) in [5, 5.41) is 1.96. The first kappa shape index (κ1) is 15.0. The molecule has 22 heavy (non-hydrogen) atoms. The van der Waals surface area contributed by atoms with Crippen molar-refractivity contribution >= 4 is 10.8 Å². The van der Waals surface area contributed by atoms with Crippen LogP contribution in [0.4, 0.5) is 0 Å². The Morgan fingerprint density at radius 2 is 1.41 bits per heavy atom. The summed E-state index contributed by atoms with van der Waals surface area (Å²) in [4.78, 5) is 0. The first-order valence-corrected chi connectivity index (χ1v) is 7.63. The van der Waals surface area contributed by atoms with Gasteiger partial charge in [0.15, 0.2) is 0 Å². The van der Waals surface area contributed by atoms with Crippen molar-refractivity contribution < 1.29 is 18.9 Å². The van der Waals surface area contributed by atoms with Crippen molar-refractivity contribution in [2.24, 2.45) is 0 Å². The van der Waals surface area contributed by atoms with Gasteiger partial charge in [-0.3, -0.25) is 0 Å². The van der Waals surface area contributed by atoms with Gasteiger partial charge in [-0.25, -0.2) is 0 Å². The highest BCUT2D eigenvalue weighted by Gasteiger charge is 2.23. The van der Waals surface area contributed by atoms with Gasteiger partial charge in [0.1, 0.15) is 17.2 Å². The molecule has 1 fully saturated rings. The summed E-state index contributed by atoms with van der Waals surface area (Å²) in [5.74, 6) is 2.38. The maximum atomic E-state index is 5.98. The van der Waals surface area contributed by atoms with Crippen LogP contribution >= 0.6 is 0 Å². The maximum absolute atomic E-state index is 5.98. The molecular formula is C18H22O4. The molecule has 0 amide bonds. The number of hydrogen-bond acceptors (Lipinski definition) is 4. The summed E-state index contributed by atoms with van der Waals surface area (Å²) >= 11 is 0. The lowest BCUT2D eigenvalue weighted by molar-refractivity contribution is 0.0158. The first-order valence-electron chi connectivity index (χ1n) is 7.63. The molecule has 1 saturated heterocycles. The van der Waals surface area contributed by atoms with Crippen LogP contribution in [-0.2, 0) is 4.74 Å². The number of hydrogen-bond donors (Lipinski definition) is 0. The first-order chi connectivity index (χ1) is 10.8. The predicted molar refractivity (Wildman–Crippen MR) is 86.1 cm³/mol. The normalized spacial score (nSPS) is 18.2. The Labute approximate surface area is 130 Å². The quantitative estimate of drug-likeness (QED) is 0.852. The lowest BCUT2D eigenvalue weighted by atomic mass is 9.94. The van der Waals surface area contributed by atoms with Crippen LogP contribution in [-0.4, -0.2) is 27.9 Å². The van der Waals surface area contributed by atoms with Crippen LogP contribution in [0.1, 0.15) is 30.9 Å². The average Bonchev–Trinajstić information content (AvgIpc) is 2.60. The van der Waals surface area contributed by atoms with Gasteiger partial charge < -0.3 is 18.9 Å². The summed E-state index contributed by atoms with van der Waals surface area (Å²) < 4.78 is 22.6. The predicted octanol–water partition coefficient (Wildman–Crippen LogP) is 4.11. The molecule has 0 radical (unpaired) electrons. The fourth-order valence-corrected chi connectivity index (χ4v) is 3.19. The Kier molecular flexibility index (Phi) is 4.39. The number of benzene rings is 2. The van der Waals surface area contributed by atoms with Crippen molar-refractivity contribution in [3.05, 3.63) is 29.8 Å². The van der Waals surface area contributed by atoms with Gasteiger partial charge in [-0.05, 0) is 43.0 Å². The van der Waals surface area contributed by atoms with Crippen LogP contribution in [0.15, 0.2) is 24.3 Å². The highest BCUT2D eigenvalue weighted by Crippen LogP contribution is 2.44. The smallest absolute Gasteiger partial charge is 0.130 e. The fraction of sp³-hybridized carbons (Fsp3) is 0.444. The molecule has 0 saturated carbocycles. The molecule has 0 aliphatic carbocycles. The van der Waals surface area contributed by atoms with E-state index in [-0.39, 0.29) is 6.10 Å². The minimum atomic E-state index is 0.100. The summed E-state index contributed by atoms with van der Waals surface area (Å²) in [6.45, 7) is 0.810. The molecule has 1 unspecified atom stereocenters. The van der Waals surface area contributed by atoms with Gasteiger partial charge in [-0.2, -0.15) is 0 Å². The Morgan fingerprint density at radius 3 is 1.95 bits per heavy atom. The van der Waals surface area contributed by atoms with Crippen molar-refractivity contribution in [1.29, 1.82) is 0 Å². The molecule has 1 heterocycles. The minimum absolute atomic E-state index is 0.100. The molecule has 0 aromatic heterocycles. The molecule has 1 aliphatic rings. The van der Waals surface area contributed by atoms with Gasteiger partial charge >= 0.3 is 0 Å². The molecule has 2 aromatic carbocycles. The summed E-state index contributed by atoms with van der Waals surface area (Å²) in [6, 6.07) is 7.92. The molecule has 118 valence electrons. The summed E-state index contributed by atoms with van der Waals surface area (Å²) in [6.07, 6.45) is 3.44. The summed E-state index contributed by atoms with van der Waals surface area (Å²) in [5.41, 5.74) is 1.14. The van der Waals surface area contributed by atoms with Gasteiger partial charge in [0.2, 0.25) is 0 Å². The zero-order valence-corrected chi connectivity index (χ0v) is 13.3. The van der Waals surface area contributed by atoms with E-state index in [1.54, 1.807) is 21.3 Å². The molecule has 2 aromatic rings. The van der Waals surface area contributed by atoms with E-state index in [1.807, 2.05) is 18.2 Å². The Bertz CT molecular complexity index is 649. The van der Waals surface area contributed by atoms with Crippen molar-refractivity contribution in [2.75, 3.05) is 27.9 Å². The van der Waals surface area contributed by atoms with Crippen LogP contribution in [0, 0.1) is 0 Å². The van der Waals surface area contributed by atoms with Crippen molar-refractivity contribution in [2.45, 2.75) is 25.4 Å². The number of rotatable bonds is 4. The molecule has 0 bridgehead atoms. The van der Waals surface area contributed by atoms with Gasteiger partial charge in [0, 0.05) is 12.0 Å². The van der Waals surface area contributed by atoms with Gasteiger partial charge in [0.25, 0.3) is 0 Å². The van der Waals surface area contributed by atoms with E-state index >= 15 is 0 Å². The number of ether oxygens (including phenoxy) is 4. The molecule has 1 atom stereocenters. The molecular weight excluding hydrogens is 280 g/mol. The molecule has 4 heteroatoms. The molecule has 1 aliphatic heterocycles. The molecule has 3 rings (SSSR count). The third kappa shape index (κ3) is 2.48. The third-order valence-electron chi connectivity index (χ3n) is 4.26. The highest BCUT2D eigenvalue weighted by molar-refractivity contribution is 6.00. The van der Waals surface area contributed by atoms with Gasteiger partial charge in [-0.15, -0.1) is 0 Å². The fourth-order valence-electron chi connectivity index (χ4n) is 3.19. The standard InChI is InChI=1S/C18H22O4/c1-19-14-9-10-16(21-3)18-15(20-2)8-7-12(17(14)18)13-6-4-5-11-22-13/h7-10,13H,4-6,11H2,1-3H3. The largest absolute Gasteiger partial charge is 0.496 e. The van der Waals surface area contributed by atoms with Crippen molar-refractivity contribution in [1.82, 2.24) is 0 Å².